The van der Waals surface area contributed by atoms with Crippen LogP contribution in [0.4, 0.5) is 0 Å². The standard InChI is InChI=1S/C23H33NO/c1-4-5-6-7-10-17-25-23-15-13-21(14-16-23)20(3)24-18-22-12-9-8-11-19(22)2/h8-9,11-16,20,24H,4-7,10,17-18H2,1-3H3. The van der Waals surface area contributed by atoms with Crippen LogP contribution in [0.25, 0.3) is 0 Å². The van der Waals surface area contributed by atoms with Crippen molar-refractivity contribution in [3.05, 3.63) is 65.2 Å². The van der Waals surface area contributed by atoms with Crippen LogP contribution < -0.4 is 10.1 Å². The van der Waals surface area contributed by atoms with Gasteiger partial charge in [0.1, 0.15) is 5.75 Å². The molecule has 0 aliphatic heterocycles. The third kappa shape index (κ3) is 6.91. The van der Waals surface area contributed by atoms with E-state index in [1.165, 1.54) is 42.4 Å². The van der Waals surface area contributed by atoms with Crippen molar-refractivity contribution in [2.75, 3.05) is 6.61 Å². The molecule has 0 aromatic heterocycles. The molecule has 2 aromatic rings. The van der Waals surface area contributed by atoms with Gasteiger partial charge in [0.05, 0.1) is 6.61 Å². The van der Waals surface area contributed by atoms with Crippen LogP contribution in [-0.4, -0.2) is 6.61 Å². The van der Waals surface area contributed by atoms with E-state index in [1.807, 2.05) is 0 Å². The molecule has 25 heavy (non-hydrogen) atoms. The number of hydrogen-bond acceptors (Lipinski definition) is 2. The van der Waals surface area contributed by atoms with Crippen LogP contribution in [-0.2, 0) is 6.54 Å². The van der Waals surface area contributed by atoms with E-state index in [0.29, 0.717) is 6.04 Å². The number of aryl methyl sites for hydroxylation is 1. The molecule has 0 radical (unpaired) electrons. The van der Waals surface area contributed by atoms with E-state index in [2.05, 4.69) is 74.6 Å². The van der Waals surface area contributed by atoms with Gasteiger partial charge in [-0.2, -0.15) is 0 Å². The van der Waals surface area contributed by atoms with Crippen molar-refractivity contribution in [3.8, 4) is 5.75 Å². The molecule has 0 aliphatic carbocycles. The molecule has 136 valence electrons. The Morgan fingerprint density at radius 3 is 2.36 bits per heavy atom. The third-order valence-corrected chi connectivity index (χ3v) is 4.76. The SMILES string of the molecule is CCCCCCCOc1ccc(C(C)NCc2ccccc2C)cc1. The van der Waals surface area contributed by atoms with E-state index in [-0.39, 0.29) is 0 Å². The highest BCUT2D eigenvalue weighted by Crippen LogP contribution is 2.19. The maximum atomic E-state index is 5.85. The predicted octanol–water partition coefficient (Wildman–Crippen LogP) is 6.20. The summed E-state index contributed by atoms with van der Waals surface area (Å²) in [6.45, 7) is 8.33. The summed E-state index contributed by atoms with van der Waals surface area (Å²) in [4.78, 5) is 0. The van der Waals surface area contributed by atoms with Crippen LogP contribution >= 0.6 is 0 Å². The summed E-state index contributed by atoms with van der Waals surface area (Å²) in [6, 6.07) is 17.4. The molecule has 2 rings (SSSR count). The summed E-state index contributed by atoms with van der Waals surface area (Å²) in [5, 5.41) is 3.61. The summed E-state index contributed by atoms with van der Waals surface area (Å²) in [5.74, 6) is 0.977. The minimum atomic E-state index is 0.322. The molecule has 0 saturated carbocycles. The van der Waals surface area contributed by atoms with Crippen molar-refractivity contribution in [2.45, 2.75) is 65.5 Å². The number of unbranched alkanes of at least 4 members (excludes halogenated alkanes) is 4. The lowest BCUT2D eigenvalue weighted by atomic mass is 10.1. The zero-order valence-corrected chi connectivity index (χ0v) is 16.1. The largest absolute Gasteiger partial charge is 0.494 e. The zero-order valence-electron chi connectivity index (χ0n) is 16.1. The van der Waals surface area contributed by atoms with Crippen LogP contribution in [0.5, 0.6) is 5.75 Å². The molecule has 2 nitrogen and oxygen atoms in total. The summed E-state index contributed by atoms with van der Waals surface area (Å²) < 4.78 is 5.85. The Kier molecular flexibility index (Phi) is 8.54. The quantitative estimate of drug-likeness (QED) is 0.492. The van der Waals surface area contributed by atoms with Crippen molar-refractivity contribution < 1.29 is 4.74 Å². The smallest absolute Gasteiger partial charge is 0.119 e. The van der Waals surface area contributed by atoms with Gasteiger partial charge in [-0.15, -0.1) is 0 Å². The van der Waals surface area contributed by atoms with E-state index in [4.69, 9.17) is 4.74 Å². The van der Waals surface area contributed by atoms with Crippen molar-refractivity contribution in [3.63, 3.8) is 0 Å². The monoisotopic (exact) mass is 339 g/mol. The Morgan fingerprint density at radius 2 is 1.64 bits per heavy atom. The number of ether oxygens (including phenoxy) is 1. The molecule has 1 atom stereocenters. The van der Waals surface area contributed by atoms with Gasteiger partial charge in [0.2, 0.25) is 0 Å². The van der Waals surface area contributed by atoms with Crippen LogP contribution in [0, 0.1) is 6.92 Å². The summed E-state index contributed by atoms with van der Waals surface area (Å²) in [5.41, 5.74) is 3.99. The fourth-order valence-electron chi connectivity index (χ4n) is 2.94. The van der Waals surface area contributed by atoms with Gasteiger partial charge < -0.3 is 10.1 Å². The first kappa shape index (κ1) is 19.5. The molecule has 0 aliphatic rings. The van der Waals surface area contributed by atoms with E-state index in [1.54, 1.807) is 0 Å². The normalized spacial score (nSPS) is 12.1. The number of hydrogen-bond donors (Lipinski definition) is 1. The Hall–Kier alpha value is -1.80. The molecule has 0 heterocycles. The first-order valence-corrected chi connectivity index (χ1v) is 9.71. The molecule has 2 aromatic carbocycles. The highest BCUT2D eigenvalue weighted by molar-refractivity contribution is 5.29. The van der Waals surface area contributed by atoms with E-state index in [9.17, 15) is 0 Å². The fraction of sp³-hybridized carbons (Fsp3) is 0.478. The summed E-state index contributed by atoms with van der Waals surface area (Å²) >= 11 is 0. The number of nitrogens with one attached hydrogen (secondary N) is 1. The van der Waals surface area contributed by atoms with Crippen LogP contribution in [0.15, 0.2) is 48.5 Å². The Bertz CT molecular complexity index is 606. The van der Waals surface area contributed by atoms with Crippen molar-refractivity contribution in [1.29, 1.82) is 0 Å². The van der Waals surface area contributed by atoms with Crippen LogP contribution in [0.2, 0.25) is 0 Å². The Morgan fingerprint density at radius 1 is 0.920 bits per heavy atom. The van der Waals surface area contributed by atoms with E-state index >= 15 is 0 Å². The summed E-state index contributed by atoms with van der Waals surface area (Å²) in [6.07, 6.45) is 6.37. The second kappa shape index (κ2) is 10.9. The maximum absolute atomic E-state index is 5.85. The average Bonchev–Trinajstić information content (AvgIpc) is 2.64. The molecular weight excluding hydrogens is 306 g/mol. The first-order valence-electron chi connectivity index (χ1n) is 9.71. The number of benzene rings is 2. The minimum absolute atomic E-state index is 0.322. The lowest BCUT2D eigenvalue weighted by Crippen LogP contribution is -2.18. The van der Waals surface area contributed by atoms with Gasteiger partial charge >= 0.3 is 0 Å². The third-order valence-electron chi connectivity index (χ3n) is 4.76. The Balaban J connectivity index is 1.74. The van der Waals surface area contributed by atoms with E-state index < -0.39 is 0 Å². The Labute approximate surface area is 153 Å². The number of rotatable bonds is 11. The molecule has 0 amide bonds. The van der Waals surface area contributed by atoms with Gasteiger partial charge in [0.25, 0.3) is 0 Å². The van der Waals surface area contributed by atoms with Crippen molar-refractivity contribution >= 4 is 0 Å². The molecule has 0 spiro atoms. The average molecular weight is 340 g/mol. The van der Waals surface area contributed by atoms with Crippen LogP contribution in [0.3, 0.4) is 0 Å². The fourth-order valence-corrected chi connectivity index (χ4v) is 2.94. The van der Waals surface area contributed by atoms with E-state index in [0.717, 1.165) is 25.3 Å². The highest BCUT2D eigenvalue weighted by atomic mass is 16.5. The second-order valence-electron chi connectivity index (χ2n) is 6.86. The van der Waals surface area contributed by atoms with Gasteiger partial charge in [0, 0.05) is 12.6 Å². The molecule has 0 bridgehead atoms. The first-order chi connectivity index (χ1) is 12.2. The molecular formula is C23H33NO. The molecule has 1 unspecified atom stereocenters. The zero-order chi connectivity index (χ0) is 17.9. The molecule has 2 heteroatoms. The van der Waals surface area contributed by atoms with Crippen LogP contribution in [0.1, 0.15) is 68.7 Å². The van der Waals surface area contributed by atoms with Gasteiger partial charge in [-0.3, -0.25) is 0 Å². The molecule has 1 N–H and O–H groups in total. The van der Waals surface area contributed by atoms with Crippen molar-refractivity contribution in [1.82, 2.24) is 5.32 Å². The van der Waals surface area contributed by atoms with Crippen molar-refractivity contribution in [2.24, 2.45) is 0 Å². The lowest BCUT2D eigenvalue weighted by molar-refractivity contribution is 0.304. The second-order valence-corrected chi connectivity index (χ2v) is 6.86. The highest BCUT2D eigenvalue weighted by Gasteiger charge is 2.06. The minimum Gasteiger partial charge on any atom is -0.494 e. The summed E-state index contributed by atoms with van der Waals surface area (Å²) in [7, 11) is 0. The predicted molar refractivity (Wildman–Crippen MR) is 107 cm³/mol. The van der Waals surface area contributed by atoms with Gasteiger partial charge in [-0.25, -0.2) is 0 Å². The molecule has 0 fully saturated rings. The van der Waals surface area contributed by atoms with Gasteiger partial charge in [0.15, 0.2) is 0 Å². The van der Waals surface area contributed by atoms with Gasteiger partial charge in [-0.05, 0) is 49.1 Å². The molecule has 0 saturated heterocycles. The van der Waals surface area contributed by atoms with Gasteiger partial charge in [-0.1, -0.05) is 69.0 Å². The lowest BCUT2D eigenvalue weighted by Gasteiger charge is -2.16. The topological polar surface area (TPSA) is 21.3 Å². The maximum Gasteiger partial charge on any atom is 0.119 e.